The van der Waals surface area contributed by atoms with Crippen LogP contribution in [0.1, 0.15) is 5.56 Å². The van der Waals surface area contributed by atoms with E-state index in [2.05, 4.69) is 5.32 Å². The molecule has 4 N–H and O–H groups in total. The molecule has 0 aliphatic rings. The van der Waals surface area contributed by atoms with Crippen LogP contribution in [0.4, 0.5) is 4.79 Å². The van der Waals surface area contributed by atoms with Crippen LogP contribution in [0.25, 0.3) is 0 Å². The molecule has 0 atom stereocenters. The highest BCUT2D eigenvalue weighted by Crippen LogP contribution is 2.08. The molecule has 4 nitrogen and oxygen atoms in total. The van der Waals surface area contributed by atoms with Gasteiger partial charge in [-0.3, -0.25) is 0 Å². The minimum absolute atomic E-state index is 0.206. The highest BCUT2D eigenvalue weighted by Gasteiger charge is 1.94. The molecule has 0 aromatic heterocycles. The van der Waals surface area contributed by atoms with E-state index in [1.54, 1.807) is 24.3 Å². The second-order valence-corrected chi connectivity index (χ2v) is 2.38. The Balaban J connectivity index is 2.53. The number of hydrogen-bond acceptors (Lipinski definition) is 2. The average molecular weight is 166 g/mol. The Kier molecular flexibility index (Phi) is 2.53. The number of phenols is 1. The molecule has 0 radical (unpaired) electrons. The van der Waals surface area contributed by atoms with Crippen LogP contribution < -0.4 is 11.1 Å². The first-order chi connectivity index (χ1) is 5.68. The lowest BCUT2D eigenvalue weighted by Crippen LogP contribution is -2.28. The smallest absolute Gasteiger partial charge is 0.312 e. The van der Waals surface area contributed by atoms with Crippen molar-refractivity contribution in [1.82, 2.24) is 5.32 Å². The largest absolute Gasteiger partial charge is 0.508 e. The number of carbonyl (C=O) groups excluding carboxylic acids is 1. The Morgan fingerprint density at radius 2 is 2.00 bits per heavy atom. The average Bonchev–Trinajstić information content (AvgIpc) is 2.03. The summed E-state index contributed by atoms with van der Waals surface area (Å²) in [6.07, 6.45) is 0. The standard InChI is InChI=1S/C8H10N2O2/c9-8(12)10-5-6-1-3-7(11)4-2-6/h1-4,11H,5H2,(H3,9,10,12). The zero-order valence-corrected chi connectivity index (χ0v) is 6.45. The molecule has 1 aromatic carbocycles. The Labute approximate surface area is 70.0 Å². The number of urea groups is 1. The van der Waals surface area contributed by atoms with Crippen LogP contribution in [0.3, 0.4) is 0 Å². The van der Waals surface area contributed by atoms with Crippen molar-refractivity contribution >= 4 is 6.03 Å². The highest BCUT2D eigenvalue weighted by molar-refractivity contribution is 5.71. The van der Waals surface area contributed by atoms with Crippen LogP contribution >= 0.6 is 0 Å². The summed E-state index contributed by atoms with van der Waals surface area (Å²) in [5, 5.41) is 11.4. The molecule has 0 aliphatic carbocycles. The number of amides is 2. The summed E-state index contributed by atoms with van der Waals surface area (Å²) < 4.78 is 0. The highest BCUT2D eigenvalue weighted by atomic mass is 16.3. The van der Waals surface area contributed by atoms with E-state index in [1.165, 1.54) is 0 Å². The third kappa shape index (κ3) is 2.49. The lowest BCUT2D eigenvalue weighted by molar-refractivity contribution is 0.248. The maximum atomic E-state index is 10.3. The van der Waals surface area contributed by atoms with Gasteiger partial charge < -0.3 is 16.2 Å². The number of nitrogens with one attached hydrogen (secondary N) is 1. The third-order valence-electron chi connectivity index (χ3n) is 1.40. The number of phenolic OH excluding ortho intramolecular Hbond substituents is 1. The molecule has 4 heteroatoms. The SMILES string of the molecule is NC(=O)NCc1ccc(O)cc1. The van der Waals surface area contributed by atoms with Gasteiger partial charge in [0.05, 0.1) is 0 Å². The maximum Gasteiger partial charge on any atom is 0.312 e. The quantitative estimate of drug-likeness (QED) is 0.600. The summed E-state index contributed by atoms with van der Waals surface area (Å²) in [7, 11) is 0. The van der Waals surface area contributed by atoms with Crippen molar-refractivity contribution in [2.75, 3.05) is 0 Å². The van der Waals surface area contributed by atoms with Crippen molar-refractivity contribution in [3.05, 3.63) is 29.8 Å². The van der Waals surface area contributed by atoms with E-state index in [4.69, 9.17) is 10.8 Å². The number of primary amides is 1. The Morgan fingerprint density at radius 3 is 2.50 bits per heavy atom. The monoisotopic (exact) mass is 166 g/mol. The lowest BCUT2D eigenvalue weighted by Gasteiger charge is -2.01. The van der Waals surface area contributed by atoms with E-state index < -0.39 is 6.03 Å². The number of benzene rings is 1. The van der Waals surface area contributed by atoms with E-state index in [0.717, 1.165) is 5.56 Å². The zero-order chi connectivity index (χ0) is 8.97. The fraction of sp³-hybridized carbons (Fsp3) is 0.125. The van der Waals surface area contributed by atoms with Crippen molar-refractivity contribution in [2.24, 2.45) is 5.73 Å². The minimum Gasteiger partial charge on any atom is -0.508 e. The number of nitrogens with two attached hydrogens (primary N) is 1. The predicted octanol–water partition coefficient (Wildman–Crippen LogP) is 0.560. The molecule has 1 aromatic rings. The van der Waals surface area contributed by atoms with E-state index in [9.17, 15) is 4.79 Å². The van der Waals surface area contributed by atoms with Crippen LogP contribution in [0, 0.1) is 0 Å². The first-order valence-corrected chi connectivity index (χ1v) is 3.49. The third-order valence-corrected chi connectivity index (χ3v) is 1.40. The molecule has 0 saturated heterocycles. The Bertz CT molecular complexity index is 269. The van der Waals surface area contributed by atoms with Crippen molar-refractivity contribution < 1.29 is 9.90 Å². The second-order valence-electron chi connectivity index (χ2n) is 2.38. The summed E-state index contributed by atoms with van der Waals surface area (Å²) in [6, 6.07) is 5.98. The molecule has 1 rings (SSSR count). The molecule has 0 aliphatic heterocycles. The zero-order valence-electron chi connectivity index (χ0n) is 6.45. The molecule has 0 unspecified atom stereocenters. The second kappa shape index (κ2) is 3.61. The fourth-order valence-electron chi connectivity index (χ4n) is 0.803. The van der Waals surface area contributed by atoms with Gasteiger partial charge in [-0.2, -0.15) is 0 Å². The van der Waals surface area contributed by atoms with Crippen LogP contribution in [0.5, 0.6) is 5.75 Å². The number of aromatic hydroxyl groups is 1. The van der Waals surface area contributed by atoms with Crippen LogP contribution in [0.2, 0.25) is 0 Å². The van der Waals surface area contributed by atoms with Crippen LogP contribution in [-0.2, 0) is 6.54 Å². The van der Waals surface area contributed by atoms with Crippen molar-refractivity contribution in [3.8, 4) is 5.75 Å². The molecule has 0 bridgehead atoms. The first-order valence-electron chi connectivity index (χ1n) is 3.49. The van der Waals surface area contributed by atoms with Gasteiger partial charge in [-0.1, -0.05) is 12.1 Å². The van der Waals surface area contributed by atoms with Gasteiger partial charge in [-0.05, 0) is 17.7 Å². The van der Waals surface area contributed by atoms with E-state index >= 15 is 0 Å². The summed E-state index contributed by atoms with van der Waals surface area (Å²) in [5.41, 5.74) is 5.77. The summed E-state index contributed by atoms with van der Waals surface area (Å²) in [5.74, 6) is 0.206. The van der Waals surface area contributed by atoms with Gasteiger partial charge in [-0.25, -0.2) is 4.79 Å². The van der Waals surface area contributed by atoms with E-state index in [1.807, 2.05) is 0 Å². The first kappa shape index (κ1) is 8.39. The molecule has 12 heavy (non-hydrogen) atoms. The number of rotatable bonds is 2. The fourth-order valence-corrected chi connectivity index (χ4v) is 0.803. The van der Waals surface area contributed by atoms with Gasteiger partial charge in [-0.15, -0.1) is 0 Å². The minimum atomic E-state index is -0.553. The molecule has 64 valence electrons. The van der Waals surface area contributed by atoms with Crippen molar-refractivity contribution in [3.63, 3.8) is 0 Å². The number of hydrogen-bond donors (Lipinski definition) is 3. The van der Waals surface area contributed by atoms with E-state index in [0.29, 0.717) is 6.54 Å². The van der Waals surface area contributed by atoms with Gasteiger partial charge in [0.1, 0.15) is 5.75 Å². The normalized spacial score (nSPS) is 9.33. The van der Waals surface area contributed by atoms with Crippen LogP contribution in [0.15, 0.2) is 24.3 Å². The molecular formula is C8H10N2O2. The maximum absolute atomic E-state index is 10.3. The molecule has 0 spiro atoms. The van der Waals surface area contributed by atoms with Gasteiger partial charge in [0, 0.05) is 6.54 Å². The summed E-state index contributed by atoms with van der Waals surface area (Å²) in [4.78, 5) is 10.3. The summed E-state index contributed by atoms with van der Waals surface area (Å²) in [6.45, 7) is 0.385. The van der Waals surface area contributed by atoms with Gasteiger partial charge >= 0.3 is 6.03 Å². The van der Waals surface area contributed by atoms with E-state index in [-0.39, 0.29) is 5.75 Å². The molecule has 0 fully saturated rings. The number of carbonyl (C=O) groups is 1. The molecule has 0 heterocycles. The topological polar surface area (TPSA) is 75.4 Å². The van der Waals surface area contributed by atoms with Crippen molar-refractivity contribution in [2.45, 2.75) is 6.54 Å². The molecule has 0 saturated carbocycles. The van der Waals surface area contributed by atoms with Crippen LogP contribution in [-0.4, -0.2) is 11.1 Å². The van der Waals surface area contributed by atoms with Crippen molar-refractivity contribution in [1.29, 1.82) is 0 Å². The molecule has 2 amide bonds. The predicted molar refractivity (Wildman–Crippen MR) is 44.5 cm³/mol. The lowest BCUT2D eigenvalue weighted by atomic mass is 10.2. The Hall–Kier alpha value is -1.71. The Morgan fingerprint density at radius 1 is 1.42 bits per heavy atom. The van der Waals surface area contributed by atoms with Gasteiger partial charge in [0.25, 0.3) is 0 Å². The van der Waals surface area contributed by atoms with Gasteiger partial charge in [0.2, 0.25) is 0 Å². The summed E-state index contributed by atoms with van der Waals surface area (Å²) >= 11 is 0. The van der Waals surface area contributed by atoms with Gasteiger partial charge in [0.15, 0.2) is 0 Å². The molecular weight excluding hydrogens is 156 g/mol.